The van der Waals surface area contributed by atoms with E-state index in [9.17, 15) is 19.7 Å². The number of esters is 1. The number of carbonyl (C=O) groups excluding carboxylic acids is 2. The fourth-order valence-electron chi connectivity index (χ4n) is 2.02. The van der Waals surface area contributed by atoms with Crippen LogP contribution in [0.3, 0.4) is 0 Å². The molecule has 1 unspecified atom stereocenters. The minimum Gasteiger partial charge on any atom is -0.461 e. The summed E-state index contributed by atoms with van der Waals surface area (Å²) in [5.74, 6) is -0.609. The number of benzene rings is 1. The minimum atomic E-state index is -0.615. The molecule has 0 aromatic heterocycles. The van der Waals surface area contributed by atoms with Gasteiger partial charge in [0.25, 0.3) is 5.69 Å². The van der Waals surface area contributed by atoms with Crippen molar-refractivity contribution < 1.29 is 19.2 Å². The number of hydrogen-bond donors (Lipinski definition) is 0. The van der Waals surface area contributed by atoms with Crippen LogP contribution in [0, 0.1) is 16.0 Å². The smallest absolute Gasteiger partial charge is 0.314 e. The standard InChI is InChI=1S/C19H23NO5/c1-4-14(2)6-5-7-15(3)13-25-19(22)12-18(21)16-8-10-17(11-9-16)20(23)24/h4,7-11,14H,1,5-6,12-13H2,2-3H3. The number of nitro groups is 1. The highest BCUT2D eigenvalue weighted by molar-refractivity contribution is 6.06. The van der Waals surface area contributed by atoms with E-state index >= 15 is 0 Å². The van der Waals surface area contributed by atoms with Gasteiger partial charge in [-0.2, -0.15) is 0 Å². The number of non-ortho nitro benzene ring substituents is 1. The zero-order valence-electron chi connectivity index (χ0n) is 14.6. The Hall–Kier alpha value is -2.76. The van der Waals surface area contributed by atoms with Gasteiger partial charge >= 0.3 is 5.97 Å². The van der Waals surface area contributed by atoms with Crippen molar-refractivity contribution in [2.24, 2.45) is 5.92 Å². The highest BCUT2D eigenvalue weighted by Crippen LogP contribution is 2.14. The van der Waals surface area contributed by atoms with E-state index in [-0.39, 0.29) is 17.9 Å². The maximum atomic E-state index is 12.0. The molecule has 0 saturated carbocycles. The predicted octanol–water partition coefficient (Wildman–Crippen LogP) is 4.26. The molecule has 6 nitrogen and oxygen atoms in total. The van der Waals surface area contributed by atoms with Crippen molar-refractivity contribution in [1.29, 1.82) is 0 Å². The molecular weight excluding hydrogens is 322 g/mol. The molecule has 0 heterocycles. The fraction of sp³-hybridized carbons (Fsp3) is 0.368. The molecule has 1 aromatic rings. The maximum absolute atomic E-state index is 12.0. The Balaban J connectivity index is 2.42. The van der Waals surface area contributed by atoms with Crippen LogP contribution in [0.2, 0.25) is 0 Å². The van der Waals surface area contributed by atoms with Crippen LogP contribution in [0.25, 0.3) is 0 Å². The summed E-state index contributed by atoms with van der Waals surface area (Å²) in [6.45, 7) is 7.82. The van der Waals surface area contributed by atoms with E-state index < -0.39 is 23.1 Å². The summed E-state index contributed by atoms with van der Waals surface area (Å²) in [5.41, 5.74) is 1.06. The number of Topliss-reactive ketones (excluding diaryl/α,β-unsaturated/α-hetero) is 1. The van der Waals surface area contributed by atoms with E-state index in [2.05, 4.69) is 13.5 Å². The van der Waals surface area contributed by atoms with Gasteiger partial charge in [-0.15, -0.1) is 6.58 Å². The third kappa shape index (κ3) is 7.56. The molecule has 0 amide bonds. The molecule has 6 heteroatoms. The summed E-state index contributed by atoms with van der Waals surface area (Å²) in [6, 6.07) is 5.13. The molecule has 1 rings (SSSR count). The zero-order chi connectivity index (χ0) is 18.8. The lowest BCUT2D eigenvalue weighted by molar-refractivity contribution is -0.384. The Kier molecular flexibility index (Phi) is 8.26. The largest absolute Gasteiger partial charge is 0.461 e. The highest BCUT2D eigenvalue weighted by Gasteiger charge is 2.14. The van der Waals surface area contributed by atoms with Crippen LogP contribution in [0.1, 0.15) is 43.5 Å². The molecule has 0 aliphatic carbocycles. The fourth-order valence-corrected chi connectivity index (χ4v) is 2.02. The van der Waals surface area contributed by atoms with Crippen molar-refractivity contribution in [3.63, 3.8) is 0 Å². The monoisotopic (exact) mass is 345 g/mol. The molecule has 25 heavy (non-hydrogen) atoms. The Morgan fingerprint density at radius 1 is 1.32 bits per heavy atom. The molecule has 0 fully saturated rings. The number of nitrogens with zero attached hydrogens (tertiary/aromatic N) is 1. The summed E-state index contributed by atoms with van der Waals surface area (Å²) in [5, 5.41) is 10.6. The molecule has 0 spiro atoms. The van der Waals surface area contributed by atoms with Crippen LogP contribution < -0.4 is 0 Å². The van der Waals surface area contributed by atoms with Gasteiger partial charge in [0.2, 0.25) is 0 Å². The van der Waals surface area contributed by atoms with Crippen molar-refractivity contribution in [1.82, 2.24) is 0 Å². The van der Waals surface area contributed by atoms with Gasteiger partial charge in [-0.05, 0) is 43.4 Å². The Morgan fingerprint density at radius 2 is 1.96 bits per heavy atom. The van der Waals surface area contributed by atoms with Crippen molar-refractivity contribution in [2.75, 3.05) is 6.61 Å². The maximum Gasteiger partial charge on any atom is 0.314 e. The van der Waals surface area contributed by atoms with Crippen LogP contribution in [0.5, 0.6) is 0 Å². The van der Waals surface area contributed by atoms with Crippen molar-refractivity contribution in [2.45, 2.75) is 33.1 Å². The van der Waals surface area contributed by atoms with Crippen molar-refractivity contribution in [3.05, 3.63) is 64.2 Å². The Labute approximate surface area is 147 Å². The molecule has 0 radical (unpaired) electrons. The van der Waals surface area contributed by atoms with Gasteiger partial charge in [-0.25, -0.2) is 0 Å². The average Bonchev–Trinajstić information content (AvgIpc) is 2.59. The Bertz CT molecular complexity index is 661. The van der Waals surface area contributed by atoms with Crippen LogP contribution >= 0.6 is 0 Å². The molecule has 1 atom stereocenters. The topological polar surface area (TPSA) is 86.5 Å². The molecule has 1 aromatic carbocycles. The highest BCUT2D eigenvalue weighted by atomic mass is 16.6. The summed E-state index contributed by atoms with van der Waals surface area (Å²) in [7, 11) is 0. The van der Waals surface area contributed by atoms with Gasteiger partial charge in [0.15, 0.2) is 5.78 Å². The second-order valence-corrected chi connectivity index (χ2v) is 5.91. The minimum absolute atomic E-state index is 0.106. The second-order valence-electron chi connectivity index (χ2n) is 5.91. The normalized spacial score (nSPS) is 12.3. The van der Waals surface area contributed by atoms with Crippen LogP contribution in [0.4, 0.5) is 5.69 Å². The van der Waals surface area contributed by atoms with Gasteiger partial charge in [-0.1, -0.05) is 19.1 Å². The Morgan fingerprint density at radius 3 is 2.52 bits per heavy atom. The number of nitro benzene ring substituents is 1. The van der Waals surface area contributed by atoms with E-state index in [1.54, 1.807) is 0 Å². The number of ketones is 1. The quantitative estimate of drug-likeness (QED) is 0.158. The number of rotatable bonds is 10. The SMILES string of the molecule is C=CC(C)CCC=C(C)COC(=O)CC(=O)c1ccc([N+](=O)[O-])cc1. The summed E-state index contributed by atoms with van der Waals surface area (Å²) < 4.78 is 5.09. The van der Waals surface area contributed by atoms with Gasteiger partial charge in [0.05, 0.1) is 4.92 Å². The molecule has 0 aliphatic rings. The summed E-state index contributed by atoms with van der Waals surface area (Å²) in [6.07, 6.45) is 5.36. The molecule has 0 saturated heterocycles. The summed E-state index contributed by atoms with van der Waals surface area (Å²) in [4.78, 5) is 33.7. The van der Waals surface area contributed by atoms with Crippen molar-refractivity contribution >= 4 is 17.4 Å². The number of ether oxygens (including phenoxy) is 1. The van der Waals surface area contributed by atoms with E-state index in [1.165, 1.54) is 24.3 Å². The lowest BCUT2D eigenvalue weighted by Gasteiger charge is -2.06. The zero-order valence-corrected chi connectivity index (χ0v) is 14.6. The van der Waals surface area contributed by atoms with Gasteiger partial charge in [0, 0.05) is 17.7 Å². The van der Waals surface area contributed by atoms with Crippen LogP contribution in [0.15, 0.2) is 48.6 Å². The third-order valence-corrected chi connectivity index (χ3v) is 3.68. The lowest BCUT2D eigenvalue weighted by Crippen LogP contribution is -2.12. The average molecular weight is 345 g/mol. The van der Waals surface area contributed by atoms with Crippen LogP contribution in [-0.4, -0.2) is 23.3 Å². The van der Waals surface area contributed by atoms with E-state index in [0.29, 0.717) is 5.92 Å². The first-order valence-electron chi connectivity index (χ1n) is 8.05. The summed E-state index contributed by atoms with van der Waals surface area (Å²) >= 11 is 0. The first-order valence-corrected chi connectivity index (χ1v) is 8.05. The van der Waals surface area contributed by atoms with Gasteiger partial charge in [-0.3, -0.25) is 19.7 Å². The molecule has 0 N–H and O–H groups in total. The van der Waals surface area contributed by atoms with E-state index in [0.717, 1.165) is 18.4 Å². The van der Waals surface area contributed by atoms with E-state index in [4.69, 9.17) is 4.74 Å². The number of hydrogen-bond acceptors (Lipinski definition) is 5. The third-order valence-electron chi connectivity index (χ3n) is 3.68. The van der Waals surface area contributed by atoms with Gasteiger partial charge < -0.3 is 4.74 Å². The van der Waals surface area contributed by atoms with Crippen molar-refractivity contribution in [3.8, 4) is 0 Å². The first kappa shape index (κ1) is 20.3. The lowest BCUT2D eigenvalue weighted by atomic mass is 10.1. The molecule has 134 valence electrons. The van der Waals surface area contributed by atoms with E-state index in [1.807, 2.05) is 19.1 Å². The predicted molar refractivity (Wildman–Crippen MR) is 95.4 cm³/mol. The number of allylic oxidation sites excluding steroid dienone is 2. The molecule has 0 aliphatic heterocycles. The van der Waals surface area contributed by atoms with Gasteiger partial charge in [0.1, 0.15) is 13.0 Å². The number of carbonyl (C=O) groups is 2. The second kappa shape index (κ2) is 10.2. The molecule has 0 bridgehead atoms. The first-order chi connectivity index (χ1) is 11.8. The van der Waals surface area contributed by atoms with Crippen LogP contribution in [-0.2, 0) is 9.53 Å². The molecular formula is C19H23NO5.